The number of carbonyl (C=O) groups is 1. The van der Waals surface area contributed by atoms with Crippen molar-refractivity contribution in [1.82, 2.24) is 10.9 Å². The second kappa shape index (κ2) is 14.4. The number of nitrogens with zero attached hydrogens (tertiary/aromatic N) is 2. The van der Waals surface area contributed by atoms with Gasteiger partial charge in [0, 0.05) is 0 Å². The van der Waals surface area contributed by atoms with Crippen LogP contribution in [0.2, 0.25) is 0 Å². The first-order valence-electron chi connectivity index (χ1n) is 10.4. The van der Waals surface area contributed by atoms with Crippen LogP contribution in [0.15, 0.2) is 46.6 Å². The summed E-state index contributed by atoms with van der Waals surface area (Å²) < 4.78 is 22.0. The number of urea groups is 1. The SMILES string of the molecule is C#CCOc1ccc(/C=N\NC(=O)N/N=C/c2ccc(OCC#C)c(OCC)c2)cc1OCC. The minimum Gasteiger partial charge on any atom is -0.490 e. The topological polar surface area (TPSA) is 103 Å². The predicted octanol–water partition coefficient (Wildman–Crippen LogP) is 3.18. The zero-order chi connectivity index (χ0) is 24.6. The summed E-state index contributed by atoms with van der Waals surface area (Å²) in [7, 11) is 0. The Labute approximate surface area is 199 Å². The molecule has 0 radical (unpaired) electrons. The van der Waals surface area contributed by atoms with Crippen LogP contribution < -0.4 is 29.8 Å². The first-order valence-corrected chi connectivity index (χ1v) is 10.4. The average Bonchev–Trinajstić information content (AvgIpc) is 2.83. The average molecular weight is 463 g/mol. The van der Waals surface area contributed by atoms with E-state index in [1.54, 1.807) is 36.4 Å². The number of rotatable bonds is 12. The number of amides is 2. The van der Waals surface area contributed by atoms with Crippen LogP contribution in [0.25, 0.3) is 0 Å². The Balaban J connectivity index is 1.93. The quantitative estimate of drug-likeness (QED) is 0.287. The molecule has 0 aliphatic rings. The van der Waals surface area contributed by atoms with Gasteiger partial charge in [-0.3, -0.25) is 0 Å². The Morgan fingerprint density at radius 3 is 1.62 bits per heavy atom. The van der Waals surface area contributed by atoms with E-state index in [1.165, 1.54) is 12.4 Å². The largest absolute Gasteiger partial charge is 0.490 e. The Morgan fingerprint density at radius 1 is 0.794 bits per heavy atom. The van der Waals surface area contributed by atoms with Gasteiger partial charge in [-0.05, 0) is 61.4 Å². The highest BCUT2D eigenvalue weighted by Gasteiger charge is 2.07. The summed E-state index contributed by atoms with van der Waals surface area (Å²) in [5, 5.41) is 7.79. The number of terminal acetylenes is 2. The Hall–Kier alpha value is -4.63. The number of hydrazone groups is 2. The van der Waals surface area contributed by atoms with Crippen molar-refractivity contribution in [2.45, 2.75) is 13.8 Å². The highest BCUT2D eigenvalue weighted by atomic mass is 16.5. The molecule has 2 N–H and O–H groups in total. The molecule has 0 fully saturated rings. The van der Waals surface area contributed by atoms with Crippen molar-refractivity contribution >= 4 is 18.5 Å². The minimum absolute atomic E-state index is 0.131. The third kappa shape index (κ3) is 8.48. The molecule has 2 aromatic rings. The normalized spacial score (nSPS) is 10.4. The van der Waals surface area contributed by atoms with Crippen LogP contribution in [0.4, 0.5) is 4.79 Å². The first-order chi connectivity index (χ1) is 16.6. The molecule has 0 bridgehead atoms. The lowest BCUT2D eigenvalue weighted by molar-refractivity contribution is 0.242. The van der Waals surface area contributed by atoms with E-state index >= 15 is 0 Å². The second-order valence-electron chi connectivity index (χ2n) is 6.33. The fourth-order valence-electron chi connectivity index (χ4n) is 2.58. The third-order valence-electron chi connectivity index (χ3n) is 3.92. The molecule has 2 rings (SSSR count). The summed E-state index contributed by atoms with van der Waals surface area (Å²) in [6.45, 7) is 4.89. The summed E-state index contributed by atoms with van der Waals surface area (Å²) in [6, 6.07) is 9.77. The maximum absolute atomic E-state index is 11.9. The van der Waals surface area contributed by atoms with Gasteiger partial charge >= 0.3 is 6.03 Å². The molecular formula is C25H26N4O5. The van der Waals surface area contributed by atoms with E-state index in [9.17, 15) is 4.79 Å². The first kappa shape index (κ1) is 25.6. The van der Waals surface area contributed by atoms with Crippen molar-refractivity contribution in [1.29, 1.82) is 0 Å². The van der Waals surface area contributed by atoms with Crippen molar-refractivity contribution in [3.8, 4) is 47.7 Å². The van der Waals surface area contributed by atoms with Gasteiger partial charge in [-0.2, -0.15) is 10.2 Å². The zero-order valence-corrected chi connectivity index (χ0v) is 19.0. The highest BCUT2D eigenvalue weighted by Crippen LogP contribution is 2.28. The smallest absolute Gasteiger partial charge is 0.355 e. The van der Waals surface area contributed by atoms with Crippen LogP contribution in [0.3, 0.4) is 0 Å². The summed E-state index contributed by atoms with van der Waals surface area (Å²) in [5.74, 6) is 6.91. The van der Waals surface area contributed by atoms with Crippen LogP contribution >= 0.6 is 0 Å². The van der Waals surface area contributed by atoms with E-state index in [1.807, 2.05) is 13.8 Å². The molecule has 0 saturated heterocycles. The number of nitrogens with one attached hydrogen (secondary N) is 2. The lowest BCUT2D eigenvalue weighted by atomic mass is 10.2. The van der Waals surface area contributed by atoms with E-state index in [2.05, 4.69) is 32.9 Å². The molecule has 0 spiro atoms. The fourth-order valence-corrected chi connectivity index (χ4v) is 2.58. The van der Waals surface area contributed by atoms with Gasteiger partial charge in [-0.1, -0.05) is 11.8 Å². The van der Waals surface area contributed by atoms with E-state index in [0.717, 1.165) is 0 Å². The van der Waals surface area contributed by atoms with Gasteiger partial charge in [0.2, 0.25) is 0 Å². The number of hydrogen-bond acceptors (Lipinski definition) is 7. The maximum Gasteiger partial charge on any atom is 0.355 e. The van der Waals surface area contributed by atoms with Gasteiger partial charge in [0.05, 0.1) is 25.6 Å². The number of benzene rings is 2. The van der Waals surface area contributed by atoms with E-state index in [4.69, 9.17) is 31.8 Å². The summed E-state index contributed by atoms with van der Waals surface area (Å²) in [6.07, 6.45) is 13.4. The van der Waals surface area contributed by atoms with E-state index in [0.29, 0.717) is 47.3 Å². The second-order valence-corrected chi connectivity index (χ2v) is 6.33. The Morgan fingerprint density at radius 2 is 1.24 bits per heavy atom. The molecule has 9 nitrogen and oxygen atoms in total. The maximum atomic E-state index is 11.9. The van der Waals surface area contributed by atoms with Crippen LogP contribution in [0.1, 0.15) is 25.0 Å². The number of ether oxygens (including phenoxy) is 4. The monoisotopic (exact) mass is 462 g/mol. The zero-order valence-electron chi connectivity index (χ0n) is 19.0. The van der Waals surface area contributed by atoms with Crippen molar-refractivity contribution in [3.63, 3.8) is 0 Å². The minimum atomic E-state index is -0.620. The van der Waals surface area contributed by atoms with Gasteiger partial charge in [-0.15, -0.1) is 12.8 Å². The molecule has 176 valence electrons. The molecule has 0 atom stereocenters. The molecule has 9 heteroatoms. The van der Waals surface area contributed by atoms with Gasteiger partial charge in [0.25, 0.3) is 0 Å². The van der Waals surface area contributed by atoms with Crippen molar-refractivity contribution in [2.24, 2.45) is 10.2 Å². The van der Waals surface area contributed by atoms with Crippen molar-refractivity contribution in [3.05, 3.63) is 47.5 Å². The van der Waals surface area contributed by atoms with Gasteiger partial charge in [0.15, 0.2) is 23.0 Å². The lowest BCUT2D eigenvalue weighted by Crippen LogP contribution is -2.28. The van der Waals surface area contributed by atoms with Crippen LogP contribution in [-0.4, -0.2) is 44.9 Å². The molecule has 0 unspecified atom stereocenters. The summed E-state index contributed by atoms with van der Waals surface area (Å²) in [4.78, 5) is 11.9. The molecule has 0 heterocycles. The van der Waals surface area contributed by atoms with Crippen LogP contribution in [-0.2, 0) is 0 Å². The molecular weight excluding hydrogens is 436 g/mol. The molecule has 34 heavy (non-hydrogen) atoms. The van der Waals surface area contributed by atoms with Crippen molar-refractivity contribution < 1.29 is 23.7 Å². The van der Waals surface area contributed by atoms with E-state index < -0.39 is 6.03 Å². The molecule has 0 aliphatic heterocycles. The number of hydrogen-bond donors (Lipinski definition) is 2. The molecule has 2 aromatic carbocycles. The standard InChI is InChI=1S/C25H26N4O5/c1-5-13-33-21-11-9-19(15-23(21)31-7-3)17-26-28-25(30)29-27-18-20-10-12-22(34-14-6-2)24(16-20)32-8-4/h1-2,9-12,15-18H,7-8,13-14H2,3-4H3,(H2,28,29,30)/b26-17-,27-18+. The highest BCUT2D eigenvalue weighted by molar-refractivity contribution is 5.84. The Kier molecular flexibility index (Phi) is 10.9. The van der Waals surface area contributed by atoms with Crippen LogP contribution in [0.5, 0.6) is 23.0 Å². The summed E-state index contributed by atoms with van der Waals surface area (Å²) >= 11 is 0. The van der Waals surface area contributed by atoms with Crippen molar-refractivity contribution in [2.75, 3.05) is 26.4 Å². The van der Waals surface area contributed by atoms with E-state index in [-0.39, 0.29) is 13.2 Å². The Bertz CT molecular complexity index is 1010. The predicted molar refractivity (Wildman–Crippen MR) is 131 cm³/mol. The lowest BCUT2D eigenvalue weighted by Gasteiger charge is -2.10. The fraction of sp³-hybridized carbons (Fsp3) is 0.240. The van der Waals surface area contributed by atoms with Gasteiger partial charge < -0.3 is 18.9 Å². The van der Waals surface area contributed by atoms with Gasteiger partial charge in [0.1, 0.15) is 13.2 Å². The molecule has 0 aromatic heterocycles. The van der Waals surface area contributed by atoms with Gasteiger partial charge in [-0.25, -0.2) is 15.6 Å². The molecule has 2 amide bonds. The summed E-state index contributed by atoms with van der Waals surface area (Å²) in [5.41, 5.74) is 6.03. The molecule has 0 saturated carbocycles. The van der Waals surface area contributed by atoms with Crippen LogP contribution in [0, 0.1) is 24.7 Å². The molecule has 0 aliphatic carbocycles. The third-order valence-corrected chi connectivity index (χ3v) is 3.92. The number of carbonyl (C=O) groups excluding carboxylic acids is 1.